The highest BCUT2D eigenvalue weighted by atomic mass is 16.7. The highest BCUT2D eigenvalue weighted by molar-refractivity contribution is 6.31. The van der Waals surface area contributed by atoms with Crippen LogP contribution < -0.4 is 9.47 Å². The highest BCUT2D eigenvalue weighted by Crippen LogP contribution is 2.45. The van der Waals surface area contributed by atoms with Crippen LogP contribution in [0.2, 0.25) is 0 Å². The van der Waals surface area contributed by atoms with Gasteiger partial charge in [-0.05, 0) is 60.7 Å². The van der Waals surface area contributed by atoms with Gasteiger partial charge >= 0.3 is 5.97 Å². The van der Waals surface area contributed by atoms with E-state index in [4.69, 9.17) is 14.2 Å². The molecule has 0 radical (unpaired) electrons. The average molecular weight is 721 g/mol. The molecule has 274 valence electrons. The minimum Gasteiger partial charge on any atom is -0.507 e. The molecule has 0 amide bonds. The zero-order valence-corrected chi connectivity index (χ0v) is 29.2. The molecule has 11 heteroatoms. The fourth-order valence-corrected chi connectivity index (χ4v) is 7.49. The lowest BCUT2D eigenvalue weighted by Crippen LogP contribution is -2.58. The smallest absolute Gasteiger partial charge is 0.308 e. The molecule has 2 aliphatic carbocycles. The number of hydrogen-bond acceptors (Lipinski definition) is 11. The van der Waals surface area contributed by atoms with Gasteiger partial charge in [-0.25, -0.2) is 0 Å². The van der Waals surface area contributed by atoms with E-state index >= 15 is 0 Å². The fraction of sp³-hybridized carbons (Fsp3) is 0.310. The molecule has 5 N–H and O–H groups in total. The van der Waals surface area contributed by atoms with Gasteiger partial charge in [-0.2, -0.15) is 0 Å². The van der Waals surface area contributed by atoms with Gasteiger partial charge in [-0.3, -0.25) is 14.4 Å². The Labute approximate surface area is 305 Å². The monoisotopic (exact) mass is 720 g/mol. The summed E-state index contributed by atoms with van der Waals surface area (Å²) < 4.78 is 17.3. The summed E-state index contributed by atoms with van der Waals surface area (Å²) in [7, 11) is 0. The molecule has 7 rings (SSSR count). The predicted molar refractivity (Wildman–Crippen MR) is 193 cm³/mol. The maximum absolute atomic E-state index is 14.6. The van der Waals surface area contributed by atoms with Crippen LogP contribution in [-0.2, 0) is 21.6 Å². The van der Waals surface area contributed by atoms with Crippen molar-refractivity contribution in [1.29, 1.82) is 0 Å². The standard InChI is InChI=1S/C42H40O11/c1-22-35(44)39(48)40(49)41(51-22)53-32-21-30-34(37(46)29(32)20-25-11-8-12-26(19-25)42(50)17-6-7-18-42)36(45)28-15-16-31(52-23(2)43)27(33(28)38(30)47)14-13-24-9-4-3-5-10-24/h3-5,8-16,19,21-22,35,39-41,44,46,48-50H,6-7,17-18,20H2,1-2H3/b14-13+/t22-,35+,39+,40+,41+/m0/s1. The number of ether oxygens (including phenoxy) is 3. The van der Waals surface area contributed by atoms with Crippen molar-refractivity contribution in [3.63, 3.8) is 0 Å². The lowest BCUT2D eigenvalue weighted by atomic mass is 9.79. The van der Waals surface area contributed by atoms with Crippen LogP contribution in [0.5, 0.6) is 17.2 Å². The van der Waals surface area contributed by atoms with Crippen LogP contribution in [0.1, 0.15) is 99.2 Å². The number of ketones is 2. The SMILES string of the molecule is CC(=O)Oc1ccc2c(c1/C=C/c1ccccc1)C(=O)c1cc(O[C@H]3O[C@@H](C)[C@@H](O)[C@@H](O)[C@H]3O)c(Cc3cccc(C4(O)CCCC4)c3)c(O)c1C2=O. The van der Waals surface area contributed by atoms with E-state index in [9.17, 15) is 39.9 Å². The molecular weight excluding hydrogens is 680 g/mol. The third-order valence-corrected chi connectivity index (χ3v) is 10.3. The number of fused-ring (bicyclic) bond motifs is 2. The molecule has 0 spiro atoms. The summed E-state index contributed by atoms with van der Waals surface area (Å²) in [5.74, 6) is -2.55. The van der Waals surface area contributed by atoms with Gasteiger partial charge in [0.2, 0.25) is 6.29 Å². The normalized spacial score (nSPS) is 23.5. The number of aromatic hydroxyl groups is 1. The first kappa shape index (κ1) is 36.2. The van der Waals surface area contributed by atoms with Crippen molar-refractivity contribution in [2.24, 2.45) is 0 Å². The third-order valence-electron chi connectivity index (χ3n) is 10.3. The number of aliphatic hydroxyl groups excluding tert-OH is 3. The second-order valence-electron chi connectivity index (χ2n) is 13.9. The first-order chi connectivity index (χ1) is 25.4. The number of phenols is 1. The van der Waals surface area contributed by atoms with Crippen LogP contribution in [0.25, 0.3) is 12.2 Å². The molecule has 53 heavy (non-hydrogen) atoms. The number of benzene rings is 4. The molecule has 0 unspecified atom stereocenters. The Morgan fingerprint density at radius 2 is 1.57 bits per heavy atom. The predicted octanol–water partition coefficient (Wildman–Crippen LogP) is 4.82. The Bertz CT molecular complexity index is 2120. The van der Waals surface area contributed by atoms with Crippen molar-refractivity contribution in [2.45, 2.75) is 82.3 Å². The Balaban J connectivity index is 1.37. The number of rotatable bonds is 8. The molecule has 2 fully saturated rings. The van der Waals surface area contributed by atoms with Gasteiger partial charge in [0.1, 0.15) is 35.6 Å². The second-order valence-corrected chi connectivity index (χ2v) is 13.9. The van der Waals surface area contributed by atoms with Crippen molar-refractivity contribution in [2.75, 3.05) is 0 Å². The maximum Gasteiger partial charge on any atom is 0.308 e. The van der Waals surface area contributed by atoms with Crippen molar-refractivity contribution < 1.29 is 54.1 Å². The van der Waals surface area contributed by atoms with Crippen LogP contribution in [0, 0.1) is 0 Å². The third kappa shape index (κ3) is 6.78. The summed E-state index contributed by atoms with van der Waals surface area (Å²) >= 11 is 0. The van der Waals surface area contributed by atoms with Crippen molar-refractivity contribution >= 4 is 29.7 Å². The summed E-state index contributed by atoms with van der Waals surface area (Å²) in [6, 6.07) is 20.6. The highest BCUT2D eigenvalue weighted by Gasteiger charge is 2.44. The summed E-state index contributed by atoms with van der Waals surface area (Å²) in [5, 5.41) is 55.0. The Hall–Kier alpha value is -5.17. The van der Waals surface area contributed by atoms with Crippen LogP contribution in [0.4, 0.5) is 0 Å². The van der Waals surface area contributed by atoms with Crippen molar-refractivity contribution in [3.05, 3.63) is 123 Å². The molecule has 1 saturated carbocycles. The first-order valence-electron chi connectivity index (χ1n) is 17.6. The van der Waals surface area contributed by atoms with Gasteiger partial charge in [-0.1, -0.05) is 73.5 Å². The number of phenolic OH excluding ortho intramolecular Hbond substituents is 1. The zero-order chi connectivity index (χ0) is 37.6. The first-order valence-corrected chi connectivity index (χ1v) is 17.6. The van der Waals surface area contributed by atoms with Crippen LogP contribution in [0.3, 0.4) is 0 Å². The molecule has 1 aliphatic heterocycles. The number of hydrogen-bond donors (Lipinski definition) is 5. The molecule has 3 aliphatic rings. The van der Waals surface area contributed by atoms with E-state index in [1.807, 2.05) is 42.5 Å². The van der Waals surface area contributed by atoms with E-state index in [1.165, 1.54) is 32.0 Å². The summed E-state index contributed by atoms with van der Waals surface area (Å²) in [6.07, 6.45) is -0.982. The van der Waals surface area contributed by atoms with Gasteiger partial charge in [0.25, 0.3) is 0 Å². The molecule has 0 aromatic heterocycles. The van der Waals surface area contributed by atoms with E-state index in [2.05, 4.69) is 0 Å². The van der Waals surface area contributed by atoms with Gasteiger partial charge in [0.15, 0.2) is 11.6 Å². The molecule has 1 heterocycles. The molecule has 11 nitrogen and oxygen atoms in total. The zero-order valence-electron chi connectivity index (χ0n) is 29.2. The van der Waals surface area contributed by atoms with Gasteiger partial charge in [0, 0.05) is 41.2 Å². The van der Waals surface area contributed by atoms with Gasteiger partial charge in [0.05, 0.1) is 17.3 Å². The molecule has 0 bridgehead atoms. The quantitative estimate of drug-likeness (QED) is 0.0843. The van der Waals surface area contributed by atoms with Crippen LogP contribution >= 0.6 is 0 Å². The summed E-state index contributed by atoms with van der Waals surface area (Å²) in [5.41, 5.74) is 0.893. The lowest BCUT2D eigenvalue weighted by Gasteiger charge is -2.39. The minimum atomic E-state index is -1.72. The van der Waals surface area contributed by atoms with Gasteiger partial charge in [-0.15, -0.1) is 0 Å². The minimum absolute atomic E-state index is 0.0107. The Morgan fingerprint density at radius 1 is 0.849 bits per heavy atom. The van der Waals surface area contributed by atoms with Crippen LogP contribution in [0.15, 0.2) is 72.8 Å². The molecular formula is C42H40O11. The number of esters is 1. The average Bonchev–Trinajstić information content (AvgIpc) is 3.60. The molecule has 4 aromatic rings. The maximum atomic E-state index is 14.6. The Morgan fingerprint density at radius 3 is 2.28 bits per heavy atom. The number of carbonyl (C=O) groups excluding carboxylic acids is 3. The largest absolute Gasteiger partial charge is 0.507 e. The van der Waals surface area contributed by atoms with E-state index in [-0.39, 0.29) is 51.3 Å². The Kier molecular flexibility index (Phi) is 9.79. The van der Waals surface area contributed by atoms with E-state index < -0.39 is 59.6 Å². The number of carbonyl (C=O) groups is 3. The van der Waals surface area contributed by atoms with Crippen molar-refractivity contribution in [3.8, 4) is 17.2 Å². The van der Waals surface area contributed by atoms with Crippen molar-refractivity contribution in [1.82, 2.24) is 0 Å². The second kappa shape index (κ2) is 14.3. The lowest BCUT2D eigenvalue weighted by molar-refractivity contribution is -0.268. The topological polar surface area (TPSA) is 180 Å². The fourth-order valence-electron chi connectivity index (χ4n) is 7.49. The van der Waals surface area contributed by atoms with E-state index in [0.29, 0.717) is 24.0 Å². The summed E-state index contributed by atoms with van der Waals surface area (Å²) in [4.78, 5) is 41.0. The number of aliphatic hydroxyl groups is 4. The molecule has 1 saturated heterocycles. The van der Waals surface area contributed by atoms with E-state index in [0.717, 1.165) is 18.4 Å². The summed E-state index contributed by atoms with van der Waals surface area (Å²) in [6.45, 7) is 2.71. The van der Waals surface area contributed by atoms with Crippen LogP contribution in [-0.4, -0.2) is 73.8 Å². The molecule has 4 aromatic carbocycles. The molecule has 5 atom stereocenters. The van der Waals surface area contributed by atoms with E-state index in [1.54, 1.807) is 24.3 Å². The van der Waals surface area contributed by atoms with Gasteiger partial charge < -0.3 is 39.7 Å².